The number of phenols is 2. The van der Waals surface area contributed by atoms with Crippen LogP contribution in [-0.2, 0) is 22.7 Å². The minimum Gasteiger partial charge on any atom is -0.507 e. The fourth-order valence-electron chi connectivity index (χ4n) is 2.32. The molecule has 0 heterocycles. The van der Waals surface area contributed by atoms with Crippen LogP contribution in [0.5, 0.6) is 11.5 Å². The van der Waals surface area contributed by atoms with Gasteiger partial charge in [0.2, 0.25) is 9.84 Å². The van der Waals surface area contributed by atoms with Crippen LogP contribution in [0.4, 0.5) is 0 Å². The van der Waals surface area contributed by atoms with Gasteiger partial charge in [0.05, 0.1) is 0 Å². The van der Waals surface area contributed by atoms with Crippen LogP contribution in [0.1, 0.15) is 11.1 Å². The molecule has 0 radical (unpaired) electrons. The second kappa shape index (κ2) is 6.48. The number of sulfone groups is 1. The number of phenolic OH excluding ortho intramolecular Hbond substituents is 2. The zero-order valence-corrected chi connectivity index (χ0v) is 13.0. The van der Waals surface area contributed by atoms with Crippen LogP contribution in [0.15, 0.2) is 46.2 Å². The molecule has 2 aromatic rings. The van der Waals surface area contributed by atoms with Crippen molar-refractivity contribution in [2.75, 3.05) is 0 Å². The van der Waals surface area contributed by atoms with Crippen molar-refractivity contribution in [1.82, 2.24) is 0 Å². The van der Waals surface area contributed by atoms with Crippen LogP contribution in [0.3, 0.4) is 0 Å². The molecule has 0 aromatic heterocycles. The lowest BCUT2D eigenvalue weighted by Gasteiger charge is -2.15. The number of hydrogen-bond donors (Lipinski definition) is 2. The first-order chi connectivity index (χ1) is 10.9. The van der Waals surface area contributed by atoms with Gasteiger partial charge in [0.15, 0.2) is 0 Å². The summed E-state index contributed by atoms with van der Waals surface area (Å²) in [5.74, 6) is 3.99. The third kappa shape index (κ3) is 3.01. The maximum Gasteiger partial charge on any atom is 0.214 e. The number of para-hydroxylation sites is 1. The van der Waals surface area contributed by atoms with E-state index >= 15 is 0 Å². The standard InChI is InChI=1S/C18H14O4S/c1-3-7-13-11-12-16(20)18(14(13)8-4-2)23(21,22)17-10-6-5-9-15(17)19/h1-2,5-6,9-12,19-20H,7-8H2. The Morgan fingerprint density at radius 3 is 2.17 bits per heavy atom. The summed E-state index contributed by atoms with van der Waals surface area (Å²) in [5, 5.41) is 20.0. The molecule has 0 amide bonds. The molecule has 0 spiro atoms. The van der Waals surface area contributed by atoms with Gasteiger partial charge in [0, 0.05) is 12.8 Å². The van der Waals surface area contributed by atoms with Gasteiger partial charge in [0.25, 0.3) is 0 Å². The van der Waals surface area contributed by atoms with Gasteiger partial charge in [-0.2, -0.15) is 0 Å². The largest absolute Gasteiger partial charge is 0.507 e. The number of aromatic hydroxyl groups is 2. The molecule has 2 aromatic carbocycles. The highest BCUT2D eigenvalue weighted by Crippen LogP contribution is 2.37. The predicted octanol–water partition coefficient (Wildman–Crippen LogP) is 2.28. The third-order valence-electron chi connectivity index (χ3n) is 3.33. The van der Waals surface area contributed by atoms with Gasteiger partial charge in [-0.3, -0.25) is 0 Å². The zero-order chi connectivity index (χ0) is 17.0. The molecule has 23 heavy (non-hydrogen) atoms. The number of hydrogen-bond acceptors (Lipinski definition) is 4. The topological polar surface area (TPSA) is 74.6 Å². The Kier molecular flexibility index (Phi) is 4.64. The summed E-state index contributed by atoms with van der Waals surface area (Å²) in [7, 11) is -4.16. The molecular formula is C18H14O4S. The van der Waals surface area contributed by atoms with Crippen molar-refractivity contribution in [3.8, 4) is 36.2 Å². The molecule has 0 unspecified atom stereocenters. The highest BCUT2D eigenvalue weighted by molar-refractivity contribution is 7.91. The molecule has 0 aliphatic rings. The average molecular weight is 326 g/mol. The van der Waals surface area contributed by atoms with E-state index in [1.807, 2.05) is 0 Å². The van der Waals surface area contributed by atoms with E-state index in [-0.39, 0.29) is 28.2 Å². The number of benzene rings is 2. The summed E-state index contributed by atoms with van der Waals surface area (Å²) in [6, 6.07) is 8.32. The van der Waals surface area contributed by atoms with Gasteiger partial charge in [0.1, 0.15) is 21.3 Å². The van der Waals surface area contributed by atoms with Crippen molar-refractivity contribution in [3.05, 3.63) is 47.5 Å². The van der Waals surface area contributed by atoms with Gasteiger partial charge in [-0.1, -0.05) is 18.2 Å². The lowest BCUT2D eigenvalue weighted by molar-refractivity contribution is 0.452. The molecule has 0 saturated heterocycles. The third-order valence-corrected chi connectivity index (χ3v) is 5.25. The van der Waals surface area contributed by atoms with Crippen molar-refractivity contribution in [2.24, 2.45) is 0 Å². The summed E-state index contributed by atoms with van der Waals surface area (Å²) in [4.78, 5) is -0.615. The Balaban J connectivity index is 2.82. The van der Waals surface area contributed by atoms with Crippen LogP contribution in [0, 0.1) is 24.7 Å². The summed E-state index contributed by atoms with van der Waals surface area (Å²) in [5.41, 5.74) is 0.825. The summed E-state index contributed by atoms with van der Waals surface area (Å²) >= 11 is 0. The second-order valence-electron chi connectivity index (χ2n) is 4.78. The van der Waals surface area contributed by atoms with E-state index in [2.05, 4.69) is 11.8 Å². The highest BCUT2D eigenvalue weighted by Gasteiger charge is 2.28. The Hall–Kier alpha value is -2.89. The van der Waals surface area contributed by atoms with Gasteiger partial charge in [-0.15, -0.1) is 24.7 Å². The molecule has 116 valence electrons. The number of rotatable bonds is 4. The van der Waals surface area contributed by atoms with E-state index in [0.29, 0.717) is 5.56 Å². The van der Waals surface area contributed by atoms with Crippen molar-refractivity contribution in [2.45, 2.75) is 22.6 Å². The average Bonchev–Trinajstić information content (AvgIpc) is 2.50. The van der Waals surface area contributed by atoms with E-state index < -0.39 is 21.3 Å². The number of terminal acetylenes is 2. The van der Waals surface area contributed by atoms with E-state index in [9.17, 15) is 18.6 Å². The molecule has 0 bridgehead atoms. The molecule has 0 aliphatic heterocycles. The van der Waals surface area contributed by atoms with Crippen molar-refractivity contribution < 1.29 is 18.6 Å². The second-order valence-corrected chi connectivity index (χ2v) is 6.64. The summed E-state index contributed by atoms with van der Waals surface area (Å²) in [6.45, 7) is 0. The Morgan fingerprint density at radius 1 is 0.913 bits per heavy atom. The molecule has 0 atom stereocenters. The normalized spacial score (nSPS) is 10.7. The fraction of sp³-hybridized carbons (Fsp3) is 0.111. The van der Waals surface area contributed by atoms with Crippen LogP contribution in [0.25, 0.3) is 0 Å². The summed E-state index contributed by atoms with van der Waals surface area (Å²) < 4.78 is 25.8. The van der Waals surface area contributed by atoms with Crippen molar-refractivity contribution >= 4 is 9.84 Å². The van der Waals surface area contributed by atoms with E-state index in [4.69, 9.17) is 12.8 Å². The maximum absolute atomic E-state index is 12.9. The SMILES string of the molecule is C#CCc1ccc(O)c(S(=O)(=O)c2ccccc2O)c1CC#C. The molecule has 0 aliphatic carbocycles. The highest BCUT2D eigenvalue weighted by atomic mass is 32.2. The monoisotopic (exact) mass is 326 g/mol. The van der Waals surface area contributed by atoms with E-state index in [1.165, 1.54) is 30.3 Å². The molecule has 0 saturated carbocycles. The van der Waals surface area contributed by atoms with Gasteiger partial charge in [-0.25, -0.2) is 8.42 Å². The first-order valence-corrected chi connectivity index (χ1v) is 8.15. The first-order valence-electron chi connectivity index (χ1n) is 6.67. The van der Waals surface area contributed by atoms with Crippen molar-refractivity contribution in [3.63, 3.8) is 0 Å². The fourth-order valence-corrected chi connectivity index (χ4v) is 4.01. The minimum atomic E-state index is -4.16. The van der Waals surface area contributed by atoms with Crippen LogP contribution < -0.4 is 0 Å². The first kappa shape index (κ1) is 16.5. The van der Waals surface area contributed by atoms with Gasteiger partial charge >= 0.3 is 0 Å². The minimum absolute atomic E-state index is 0.00638. The zero-order valence-electron chi connectivity index (χ0n) is 12.2. The Morgan fingerprint density at radius 2 is 1.57 bits per heavy atom. The molecule has 2 N–H and O–H groups in total. The molecule has 5 heteroatoms. The van der Waals surface area contributed by atoms with E-state index in [0.717, 1.165) is 0 Å². The van der Waals surface area contributed by atoms with Crippen LogP contribution in [0.2, 0.25) is 0 Å². The quantitative estimate of drug-likeness (QED) is 0.845. The Bertz CT molecular complexity index is 928. The molecule has 4 nitrogen and oxygen atoms in total. The lowest BCUT2D eigenvalue weighted by Crippen LogP contribution is -2.09. The predicted molar refractivity (Wildman–Crippen MR) is 86.7 cm³/mol. The van der Waals surface area contributed by atoms with E-state index in [1.54, 1.807) is 6.07 Å². The molecule has 0 fully saturated rings. The molecular weight excluding hydrogens is 312 g/mol. The maximum atomic E-state index is 12.9. The van der Waals surface area contributed by atoms with Gasteiger partial charge in [-0.05, 0) is 29.3 Å². The molecule has 2 rings (SSSR count). The lowest BCUT2D eigenvalue weighted by atomic mass is 10.0. The van der Waals surface area contributed by atoms with Crippen molar-refractivity contribution in [1.29, 1.82) is 0 Å². The smallest absolute Gasteiger partial charge is 0.214 e. The Labute approximate surface area is 135 Å². The summed E-state index contributed by atoms with van der Waals surface area (Å²) in [6.07, 6.45) is 10.8. The van der Waals surface area contributed by atoms with Crippen LogP contribution in [-0.4, -0.2) is 18.6 Å². The van der Waals surface area contributed by atoms with Crippen LogP contribution >= 0.6 is 0 Å². The van der Waals surface area contributed by atoms with Gasteiger partial charge < -0.3 is 10.2 Å².